The van der Waals surface area contributed by atoms with E-state index in [2.05, 4.69) is 20.2 Å². The van der Waals surface area contributed by atoms with Gasteiger partial charge in [-0.1, -0.05) is 30.3 Å². The number of carbonyl (C=O) groups excluding carboxylic acids is 1. The molecule has 3 rings (SSSR count). The number of aromatic nitrogens is 2. The van der Waals surface area contributed by atoms with Gasteiger partial charge in [0.1, 0.15) is 0 Å². The molecule has 0 atom stereocenters. The Balaban J connectivity index is 1.53. The minimum Gasteiger partial charge on any atom is -0.350 e. The maximum Gasteiger partial charge on any atom is 0.225 e. The molecule has 1 aromatic heterocycles. The lowest BCUT2D eigenvalue weighted by atomic mass is 10.1. The normalized spacial score (nSPS) is 14.4. The molecule has 1 N–H and O–H groups in total. The first-order valence-corrected chi connectivity index (χ1v) is 9.11. The van der Waals surface area contributed by atoms with Crippen molar-refractivity contribution in [3.05, 3.63) is 53.3 Å². The molecule has 0 aliphatic carbocycles. The molecule has 0 radical (unpaired) electrons. The van der Waals surface area contributed by atoms with Gasteiger partial charge in [0.05, 0.1) is 12.2 Å². The zero-order chi connectivity index (χ0) is 17.5. The predicted octanol–water partition coefficient (Wildman–Crippen LogP) is 3.02. The predicted molar refractivity (Wildman–Crippen MR) is 99.4 cm³/mol. The van der Waals surface area contributed by atoms with Gasteiger partial charge in [-0.2, -0.15) is 0 Å². The summed E-state index contributed by atoms with van der Waals surface area (Å²) in [6.45, 7) is 4.48. The van der Waals surface area contributed by atoms with E-state index in [9.17, 15) is 4.79 Å². The van der Waals surface area contributed by atoms with E-state index in [1.165, 1.54) is 24.8 Å². The summed E-state index contributed by atoms with van der Waals surface area (Å²) < 4.78 is 0. The van der Waals surface area contributed by atoms with Gasteiger partial charge < -0.3 is 10.2 Å². The summed E-state index contributed by atoms with van der Waals surface area (Å²) in [5, 5.41) is 2.98. The molecule has 1 fully saturated rings. The van der Waals surface area contributed by atoms with Crippen molar-refractivity contribution in [1.29, 1.82) is 0 Å². The fraction of sp³-hybridized carbons (Fsp3) is 0.450. The van der Waals surface area contributed by atoms with Crippen LogP contribution in [0.5, 0.6) is 0 Å². The van der Waals surface area contributed by atoms with Crippen LogP contribution in [0.3, 0.4) is 0 Å². The zero-order valence-electron chi connectivity index (χ0n) is 14.9. The van der Waals surface area contributed by atoms with E-state index in [0.717, 1.165) is 36.8 Å². The van der Waals surface area contributed by atoms with Crippen molar-refractivity contribution < 1.29 is 4.79 Å². The number of carbonyl (C=O) groups is 1. The van der Waals surface area contributed by atoms with Gasteiger partial charge in [0.25, 0.3) is 0 Å². The fourth-order valence-electron chi connectivity index (χ4n) is 3.12. The second kappa shape index (κ2) is 8.60. The Hall–Kier alpha value is -2.43. The van der Waals surface area contributed by atoms with Gasteiger partial charge in [0.2, 0.25) is 11.9 Å². The van der Waals surface area contributed by atoms with Gasteiger partial charge in [-0.25, -0.2) is 9.97 Å². The molecule has 2 heterocycles. The molecule has 25 heavy (non-hydrogen) atoms. The fourth-order valence-corrected chi connectivity index (χ4v) is 3.12. The summed E-state index contributed by atoms with van der Waals surface area (Å²) in [6, 6.07) is 12.0. The third-order valence-electron chi connectivity index (χ3n) is 4.48. The van der Waals surface area contributed by atoms with E-state index >= 15 is 0 Å². The molecule has 5 nitrogen and oxygen atoms in total. The molecule has 0 spiro atoms. The molecule has 0 bridgehead atoms. The van der Waals surface area contributed by atoms with E-state index in [4.69, 9.17) is 0 Å². The zero-order valence-corrected chi connectivity index (χ0v) is 14.9. The van der Waals surface area contributed by atoms with Crippen molar-refractivity contribution in [1.82, 2.24) is 15.3 Å². The van der Waals surface area contributed by atoms with Crippen molar-refractivity contribution in [3.63, 3.8) is 0 Å². The average Bonchev–Trinajstić information content (AvgIpc) is 2.66. The first-order valence-electron chi connectivity index (χ1n) is 9.11. The third kappa shape index (κ3) is 5.28. The highest BCUT2D eigenvalue weighted by atomic mass is 16.1. The summed E-state index contributed by atoms with van der Waals surface area (Å²) >= 11 is 0. The topological polar surface area (TPSA) is 58.1 Å². The largest absolute Gasteiger partial charge is 0.350 e. The van der Waals surface area contributed by atoms with Crippen LogP contribution in [0.1, 0.15) is 42.6 Å². The van der Waals surface area contributed by atoms with Gasteiger partial charge in [0, 0.05) is 25.2 Å². The van der Waals surface area contributed by atoms with E-state index in [1.807, 2.05) is 43.3 Å². The van der Waals surface area contributed by atoms with Crippen molar-refractivity contribution in [2.24, 2.45) is 0 Å². The van der Waals surface area contributed by atoms with Crippen LogP contribution in [0.25, 0.3) is 0 Å². The monoisotopic (exact) mass is 338 g/mol. The Morgan fingerprint density at radius 1 is 1.12 bits per heavy atom. The number of hydrogen-bond acceptors (Lipinski definition) is 4. The standard InChI is InChI=1S/C20H26N4O/c1-16-14-18(23-20(22-16)24-12-6-3-7-13-24)15-21-19(25)11-10-17-8-4-2-5-9-17/h2,4-5,8-9,14H,3,6-7,10-13,15H2,1H3,(H,21,25). The van der Waals surface area contributed by atoms with E-state index in [1.54, 1.807) is 0 Å². The summed E-state index contributed by atoms with van der Waals surface area (Å²) in [5.74, 6) is 0.855. The Kier molecular flexibility index (Phi) is 5.99. The number of nitrogens with zero attached hydrogens (tertiary/aromatic N) is 3. The molecule has 132 valence electrons. The number of aryl methyl sites for hydroxylation is 2. The lowest BCUT2D eigenvalue weighted by molar-refractivity contribution is -0.121. The molecule has 1 aliphatic rings. The van der Waals surface area contributed by atoms with Crippen molar-refractivity contribution in [3.8, 4) is 0 Å². The lowest BCUT2D eigenvalue weighted by Crippen LogP contribution is -2.32. The molecule has 1 aromatic carbocycles. The maximum absolute atomic E-state index is 12.1. The van der Waals surface area contributed by atoms with Crippen LogP contribution >= 0.6 is 0 Å². The number of rotatable bonds is 6. The van der Waals surface area contributed by atoms with Crippen LogP contribution in [0.15, 0.2) is 36.4 Å². The summed E-state index contributed by atoms with van der Waals surface area (Å²) in [7, 11) is 0. The number of amides is 1. The van der Waals surface area contributed by atoms with Crippen LogP contribution in [-0.4, -0.2) is 29.0 Å². The van der Waals surface area contributed by atoms with Crippen molar-refractivity contribution >= 4 is 11.9 Å². The average molecular weight is 338 g/mol. The van der Waals surface area contributed by atoms with Crippen LogP contribution in [-0.2, 0) is 17.8 Å². The highest BCUT2D eigenvalue weighted by molar-refractivity contribution is 5.76. The van der Waals surface area contributed by atoms with Crippen LogP contribution in [0.2, 0.25) is 0 Å². The van der Waals surface area contributed by atoms with Gasteiger partial charge in [-0.05, 0) is 44.2 Å². The van der Waals surface area contributed by atoms with E-state index < -0.39 is 0 Å². The van der Waals surface area contributed by atoms with Crippen LogP contribution in [0, 0.1) is 6.92 Å². The number of piperidine rings is 1. The quantitative estimate of drug-likeness (QED) is 0.879. The van der Waals surface area contributed by atoms with Crippen molar-refractivity contribution in [2.75, 3.05) is 18.0 Å². The molecule has 2 aromatic rings. The minimum atomic E-state index is 0.0552. The van der Waals surface area contributed by atoms with E-state index in [0.29, 0.717) is 13.0 Å². The summed E-state index contributed by atoms with van der Waals surface area (Å²) in [5.41, 5.74) is 3.01. The maximum atomic E-state index is 12.1. The number of hydrogen-bond donors (Lipinski definition) is 1. The van der Waals surface area contributed by atoms with Gasteiger partial charge in [-0.15, -0.1) is 0 Å². The van der Waals surface area contributed by atoms with E-state index in [-0.39, 0.29) is 5.91 Å². The summed E-state index contributed by atoms with van der Waals surface area (Å²) in [6.07, 6.45) is 4.93. The Morgan fingerprint density at radius 3 is 2.64 bits per heavy atom. The molecular weight excluding hydrogens is 312 g/mol. The van der Waals surface area contributed by atoms with Crippen LogP contribution < -0.4 is 10.2 Å². The molecule has 1 amide bonds. The highest BCUT2D eigenvalue weighted by Gasteiger charge is 2.14. The number of benzene rings is 1. The smallest absolute Gasteiger partial charge is 0.225 e. The molecule has 0 saturated carbocycles. The Morgan fingerprint density at radius 2 is 1.88 bits per heavy atom. The van der Waals surface area contributed by atoms with Gasteiger partial charge >= 0.3 is 0 Å². The second-order valence-corrected chi connectivity index (χ2v) is 6.61. The van der Waals surface area contributed by atoms with Gasteiger partial charge in [-0.3, -0.25) is 4.79 Å². The lowest BCUT2D eigenvalue weighted by Gasteiger charge is -2.27. The first-order chi connectivity index (χ1) is 12.2. The molecule has 1 aliphatic heterocycles. The van der Waals surface area contributed by atoms with Crippen LogP contribution in [0.4, 0.5) is 5.95 Å². The third-order valence-corrected chi connectivity index (χ3v) is 4.48. The molecule has 1 saturated heterocycles. The highest BCUT2D eigenvalue weighted by Crippen LogP contribution is 2.16. The summed E-state index contributed by atoms with van der Waals surface area (Å²) in [4.78, 5) is 23.6. The minimum absolute atomic E-state index is 0.0552. The SMILES string of the molecule is Cc1cc(CNC(=O)CCc2ccccc2)nc(N2CCCCC2)n1. The molecule has 5 heteroatoms. The number of anilines is 1. The van der Waals surface area contributed by atoms with Crippen molar-refractivity contribution in [2.45, 2.75) is 45.6 Å². The van der Waals surface area contributed by atoms with Gasteiger partial charge in [0.15, 0.2) is 0 Å². The Bertz CT molecular complexity index is 696. The molecule has 0 unspecified atom stereocenters. The molecular formula is C20H26N4O. The first kappa shape index (κ1) is 17.4. The second-order valence-electron chi connectivity index (χ2n) is 6.61. The number of nitrogens with one attached hydrogen (secondary N) is 1. The Labute approximate surface area is 149 Å².